The summed E-state index contributed by atoms with van der Waals surface area (Å²) in [5.41, 5.74) is 5.57. The molecule has 2 heterocycles. The molecule has 1 aliphatic heterocycles. The fourth-order valence-corrected chi connectivity index (χ4v) is 3.54. The minimum atomic E-state index is 0.784. The van der Waals surface area contributed by atoms with E-state index >= 15 is 0 Å². The summed E-state index contributed by atoms with van der Waals surface area (Å²) in [6.07, 6.45) is 2.58. The van der Waals surface area contributed by atoms with Crippen molar-refractivity contribution in [2.75, 3.05) is 38.0 Å². The van der Waals surface area contributed by atoms with Crippen LogP contribution in [0.1, 0.15) is 12.8 Å². The monoisotopic (exact) mass is 317 g/mol. The van der Waals surface area contributed by atoms with Crippen LogP contribution < -0.4 is 11.1 Å². The Morgan fingerprint density at radius 1 is 1.41 bits per heavy atom. The summed E-state index contributed by atoms with van der Waals surface area (Å²) in [7, 11) is 0. The number of nitrogens with two attached hydrogens (primary N) is 1. The fraction of sp³-hybridized carbons (Fsp3) is 0.667. The number of hydrogen-bond acceptors (Lipinski definition) is 4. The van der Waals surface area contributed by atoms with Gasteiger partial charge in [0, 0.05) is 19.6 Å². The van der Waals surface area contributed by atoms with Crippen molar-refractivity contribution in [3.05, 3.63) is 15.9 Å². The van der Waals surface area contributed by atoms with Crippen LogP contribution in [0.2, 0.25) is 0 Å². The van der Waals surface area contributed by atoms with E-state index in [-0.39, 0.29) is 0 Å². The van der Waals surface area contributed by atoms with Gasteiger partial charge in [0.2, 0.25) is 0 Å². The Labute approximate surface area is 116 Å². The number of hydrogen-bond donors (Lipinski definition) is 2. The van der Waals surface area contributed by atoms with Gasteiger partial charge in [0.05, 0.1) is 8.79 Å². The van der Waals surface area contributed by atoms with Gasteiger partial charge in [-0.1, -0.05) is 0 Å². The Kier molecular flexibility index (Phi) is 5.28. The molecule has 0 aliphatic carbocycles. The molecule has 1 aliphatic rings. The van der Waals surface area contributed by atoms with E-state index in [1.165, 1.54) is 34.7 Å². The lowest BCUT2D eigenvalue weighted by molar-refractivity contribution is 0.194. The number of nitrogens with zero attached hydrogens (tertiary/aromatic N) is 1. The van der Waals surface area contributed by atoms with Crippen molar-refractivity contribution in [3.8, 4) is 0 Å². The van der Waals surface area contributed by atoms with E-state index in [4.69, 9.17) is 5.73 Å². The summed E-state index contributed by atoms with van der Waals surface area (Å²) in [6.45, 7) is 5.35. The summed E-state index contributed by atoms with van der Waals surface area (Å²) in [6, 6.07) is 4.23. The Morgan fingerprint density at radius 3 is 2.76 bits per heavy atom. The molecule has 96 valence electrons. The quantitative estimate of drug-likeness (QED) is 0.877. The van der Waals surface area contributed by atoms with Crippen LogP contribution in [-0.4, -0.2) is 37.6 Å². The normalized spacial score (nSPS) is 18.5. The summed E-state index contributed by atoms with van der Waals surface area (Å²) in [4.78, 5) is 2.47. The second kappa shape index (κ2) is 6.73. The lowest BCUT2D eigenvalue weighted by Gasteiger charge is -2.31. The molecule has 0 atom stereocenters. The summed E-state index contributed by atoms with van der Waals surface area (Å²) >= 11 is 5.25. The molecule has 0 unspecified atom stereocenters. The number of halogens is 1. The zero-order chi connectivity index (χ0) is 12.1. The molecule has 1 saturated heterocycles. The van der Waals surface area contributed by atoms with Crippen LogP contribution in [0, 0.1) is 5.92 Å². The first-order valence-electron chi connectivity index (χ1n) is 6.19. The minimum absolute atomic E-state index is 0.784. The predicted octanol–water partition coefficient (Wildman–Crippen LogP) is 2.59. The number of anilines is 1. The molecule has 1 aromatic heterocycles. The van der Waals surface area contributed by atoms with Crippen LogP contribution in [0.5, 0.6) is 0 Å². The second-order valence-corrected chi connectivity index (χ2v) is 7.02. The highest BCUT2D eigenvalue weighted by molar-refractivity contribution is 9.11. The maximum Gasteiger partial charge on any atom is 0.0894 e. The number of piperidine rings is 1. The molecule has 1 aromatic rings. The fourth-order valence-electron chi connectivity index (χ4n) is 2.25. The van der Waals surface area contributed by atoms with Gasteiger partial charge in [0.15, 0.2) is 0 Å². The molecule has 17 heavy (non-hydrogen) atoms. The number of rotatable bonds is 5. The van der Waals surface area contributed by atoms with Crippen LogP contribution >= 0.6 is 27.3 Å². The van der Waals surface area contributed by atoms with Crippen molar-refractivity contribution in [2.45, 2.75) is 12.8 Å². The average Bonchev–Trinajstić information content (AvgIpc) is 2.75. The van der Waals surface area contributed by atoms with Crippen molar-refractivity contribution in [2.24, 2.45) is 11.7 Å². The van der Waals surface area contributed by atoms with Crippen molar-refractivity contribution < 1.29 is 0 Å². The van der Waals surface area contributed by atoms with Crippen LogP contribution in [0.3, 0.4) is 0 Å². The number of thiophene rings is 1. The predicted molar refractivity (Wildman–Crippen MR) is 78.7 cm³/mol. The molecular formula is C12H20BrN3S. The first-order valence-corrected chi connectivity index (χ1v) is 7.80. The van der Waals surface area contributed by atoms with Crippen molar-refractivity contribution in [1.29, 1.82) is 0 Å². The Balaban J connectivity index is 1.68. The second-order valence-electron chi connectivity index (χ2n) is 4.56. The SMILES string of the molecule is NCCN1CCC(CNc2ccc(Br)s2)CC1. The average molecular weight is 318 g/mol. The van der Waals surface area contributed by atoms with Crippen LogP contribution in [0.15, 0.2) is 15.9 Å². The molecule has 0 bridgehead atoms. The maximum absolute atomic E-state index is 5.57. The Bertz CT molecular complexity index is 334. The highest BCUT2D eigenvalue weighted by Crippen LogP contribution is 2.27. The lowest BCUT2D eigenvalue weighted by atomic mass is 9.97. The van der Waals surface area contributed by atoms with Gasteiger partial charge in [0.25, 0.3) is 0 Å². The molecule has 3 N–H and O–H groups in total. The molecule has 1 fully saturated rings. The molecular weight excluding hydrogens is 298 g/mol. The first-order chi connectivity index (χ1) is 8.28. The summed E-state index contributed by atoms with van der Waals surface area (Å²) < 4.78 is 1.19. The smallest absolute Gasteiger partial charge is 0.0894 e. The van der Waals surface area contributed by atoms with E-state index in [0.717, 1.165) is 25.6 Å². The van der Waals surface area contributed by atoms with Gasteiger partial charge in [-0.2, -0.15) is 0 Å². The number of likely N-dealkylation sites (tertiary alicyclic amines) is 1. The van der Waals surface area contributed by atoms with Gasteiger partial charge in [-0.3, -0.25) is 0 Å². The van der Waals surface area contributed by atoms with Crippen LogP contribution in [0.4, 0.5) is 5.00 Å². The summed E-state index contributed by atoms with van der Waals surface area (Å²) in [5, 5.41) is 4.79. The van der Waals surface area contributed by atoms with Gasteiger partial charge in [-0.05, 0) is 59.9 Å². The van der Waals surface area contributed by atoms with E-state index < -0.39 is 0 Å². The van der Waals surface area contributed by atoms with E-state index in [1.54, 1.807) is 11.3 Å². The highest BCUT2D eigenvalue weighted by atomic mass is 79.9. The van der Waals surface area contributed by atoms with Gasteiger partial charge in [0.1, 0.15) is 0 Å². The lowest BCUT2D eigenvalue weighted by Crippen LogP contribution is -2.38. The minimum Gasteiger partial charge on any atom is -0.377 e. The third-order valence-electron chi connectivity index (χ3n) is 3.29. The van der Waals surface area contributed by atoms with E-state index in [9.17, 15) is 0 Å². The first kappa shape index (κ1) is 13.3. The molecule has 0 amide bonds. The van der Waals surface area contributed by atoms with Crippen molar-refractivity contribution >= 4 is 32.3 Å². The maximum atomic E-state index is 5.57. The standard InChI is InChI=1S/C12H20BrN3S/c13-11-1-2-12(17-11)15-9-10-3-6-16(7-4-10)8-5-14/h1-2,10,15H,3-9,14H2. The summed E-state index contributed by atoms with van der Waals surface area (Å²) in [5.74, 6) is 0.810. The highest BCUT2D eigenvalue weighted by Gasteiger charge is 2.18. The van der Waals surface area contributed by atoms with Crippen LogP contribution in [-0.2, 0) is 0 Å². The third-order valence-corrected chi connectivity index (χ3v) is 4.87. The Hall–Kier alpha value is -0.100. The van der Waals surface area contributed by atoms with Gasteiger partial charge in [-0.25, -0.2) is 0 Å². The molecule has 0 spiro atoms. The van der Waals surface area contributed by atoms with E-state index in [1.807, 2.05) is 0 Å². The third kappa shape index (κ3) is 4.25. The molecule has 2 rings (SSSR count). The number of nitrogens with one attached hydrogen (secondary N) is 1. The molecule has 0 aromatic carbocycles. The van der Waals surface area contributed by atoms with Crippen molar-refractivity contribution in [1.82, 2.24) is 4.90 Å². The van der Waals surface area contributed by atoms with Gasteiger partial charge in [-0.15, -0.1) is 11.3 Å². The van der Waals surface area contributed by atoms with Gasteiger partial charge >= 0.3 is 0 Å². The molecule has 3 nitrogen and oxygen atoms in total. The Morgan fingerprint density at radius 2 is 2.18 bits per heavy atom. The van der Waals surface area contributed by atoms with Crippen molar-refractivity contribution in [3.63, 3.8) is 0 Å². The van der Waals surface area contributed by atoms with E-state index in [2.05, 4.69) is 38.3 Å². The van der Waals surface area contributed by atoms with E-state index in [0.29, 0.717) is 0 Å². The van der Waals surface area contributed by atoms with Gasteiger partial charge < -0.3 is 16.0 Å². The molecule has 0 saturated carbocycles. The zero-order valence-corrected chi connectivity index (χ0v) is 12.4. The van der Waals surface area contributed by atoms with Crippen LogP contribution in [0.25, 0.3) is 0 Å². The topological polar surface area (TPSA) is 41.3 Å². The zero-order valence-electron chi connectivity index (χ0n) is 9.99. The molecule has 0 radical (unpaired) electrons. The molecule has 5 heteroatoms. The largest absolute Gasteiger partial charge is 0.377 e.